The number of nitrogens with zero attached hydrogens (tertiary/aromatic N) is 6. The first-order chi connectivity index (χ1) is 44.3. The highest BCUT2D eigenvalue weighted by molar-refractivity contribution is 5.95. The summed E-state index contributed by atoms with van der Waals surface area (Å²) in [5.41, 5.74) is 3.86. The third-order valence-corrected chi connectivity index (χ3v) is 15.0. The molecule has 0 radical (unpaired) electrons. The second-order valence-electron chi connectivity index (χ2n) is 22.4. The largest absolute Gasteiger partial charge is 0.494 e. The van der Waals surface area contributed by atoms with Gasteiger partial charge in [-0.15, -0.1) is 0 Å². The predicted octanol–water partition coefficient (Wildman–Crippen LogP) is 23.1. The second kappa shape index (κ2) is 40.6. The van der Waals surface area contributed by atoms with E-state index in [1.165, 1.54) is 146 Å². The normalized spacial score (nSPS) is 11.4. The Bertz CT molecular complexity index is 3130. The maximum absolute atomic E-state index is 14.0. The fraction of sp³-hybridized carbons (Fsp3) is 0.400. The number of azo groups is 3. The van der Waals surface area contributed by atoms with Crippen LogP contribution in [0.4, 0.5) is 34.1 Å². The lowest BCUT2D eigenvalue weighted by atomic mass is 10.1. The smallest absolute Gasteiger partial charge is 0.343 e. The summed E-state index contributed by atoms with van der Waals surface area (Å²) in [5, 5.41) is 26.1. The van der Waals surface area contributed by atoms with Gasteiger partial charge in [0.05, 0.1) is 70.6 Å². The Morgan fingerprint density at radius 1 is 0.267 bits per heavy atom. The SMILES string of the molecule is CCCCCCCCCCOc1ccc(N=Nc2ccc(C(=O)Oc3cccc(OC(=O)c4ccc(N=Nc5ccc(OCCCCCCCCCC)cc5)cc4)c3OC(=O)c3ccc(N=Nc4ccc(OCCCCCCCCCC)cc4)cc3)cc2)cc1. The van der Waals surface area contributed by atoms with Gasteiger partial charge in [-0.25, -0.2) is 14.4 Å². The summed E-state index contributed by atoms with van der Waals surface area (Å²) < 4.78 is 35.5. The third-order valence-electron chi connectivity index (χ3n) is 15.0. The number of benzene rings is 7. The van der Waals surface area contributed by atoms with Gasteiger partial charge in [0.15, 0.2) is 11.5 Å². The molecule has 7 aromatic carbocycles. The van der Waals surface area contributed by atoms with Crippen molar-refractivity contribution in [2.24, 2.45) is 30.7 Å². The molecule has 0 bridgehead atoms. The first kappa shape index (κ1) is 68.6. The molecule has 0 aliphatic heterocycles. The number of rotatable bonds is 42. The van der Waals surface area contributed by atoms with Gasteiger partial charge in [0.1, 0.15) is 17.2 Å². The third kappa shape index (κ3) is 25.7. The number of esters is 3. The molecule has 0 saturated heterocycles. The molecule has 0 unspecified atom stereocenters. The lowest BCUT2D eigenvalue weighted by Gasteiger charge is -2.15. The van der Waals surface area contributed by atoms with Crippen LogP contribution in [0, 0.1) is 0 Å². The second-order valence-corrected chi connectivity index (χ2v) is 22.4. The van der Waals surface area contributed by atoms with Crippen LogP contribution >= 0.6 is 0 Å². The molecule has 0 atom stereocenters. The number of carbonyl (C=O) groups is 3. The molecule has 0 aliphatic carbocycles. The summed E-state index contributed by atoms with van der Waals surface area (Å²) in [6.45, 7) is 8.72. The highest BCUT2D eigenvalue weighted by Gasteiger charge is 2.23. The minimum absolute atomic E-state index is 0.136. The van der Waals surface area contributed by atoms with Crippen molar-refractivity contribution in [3.05, 3.63) is 180 Å². The Hall–Kier alpha value is -8.85. The van der Waals surface area contributed by atoms with Crippen molar-refractivity contribution in [1.82, 2.24) is 0 Å². The zero-order valence-electron chi connectivity index (χ0n) is 53.0. The first-order valence-corrected chi connectivity index (χ1v) is 32.8. The van der Waals surface area contributed by atoms with Crippen LogP contribution in [0.2, 0.25) is 0 Å². The highest BCUT2D eigenvalue weighted by atomic mass is 16.6. The van der Waals surface area contributed by atoms with E-state index in [9.17, 15) is 14.4 Å². The van der Waals surface area contributed by atoms with E-state index in [1.807, 2.05) is 72.8 Å². The molecular weight excluding hydrogens is 1130 g/mol. The summed E-state index contributed by atoms with van der Waals surface area (Å²) in [5.74, 6) is -0.711. The topological polar surface area (TPSA) is 181 Å². The van der Waals surface area contributed by atoms with Crippen molar-refractivity contribution < 1.29 is 42.8 Å². The molecule has 7 rings (SSSR count). The average Bonchev–Trinajstić information content (AvgIpc) is 1.95. The van der Waals surface area contributed by atoms with Gasteiger partial charge in [-0.2, -0.15) is 30.7 Å². The Morgan fingerprint density at radius 3 is 0.744 bits per heavy atom. The predicted molar refractivity (Wildman–Crippen MR) is 357 cm³/mol. The van der Waals surface area contributed by atoms with Crippen molar-refractivity contribution in [3.63, 3.8) is 0 Å². The minimum atomic E-state index is -0.826. The van der Waals surface area contributed by atoms with Crippen molar-refractivity contribution in [1.29, 1.82) is 0 Å². The van der Waals surface area contributed by atoms with E-state index in [0.717, 1.165) is 55.8 Å². The standard InChI is InChI=1S/C75H90N6O9/c1-4-7-10-13-16-19-22-25-55-85-67-49-43-64(44-50-67)79-76-61-37-31-58(32-38-61)73(82)88-70-29-28-30-71(89-74(83)59-33-39-62(40-34-59)77-80-65-45-51-68(52-46-65)86-56-26-23-20-17-14-11-8-5-2)72(70)90-75(84)60-35-41-63(42-36-60)78-81-66-47-53-69(54-48-66)87-57-27-24-21-18-15-12-9-6-3/h28-54H,4-27,55-57H2,1-3H3. The van der Waals surface area contributed by atoms with Crippen molar-refractivity contribution in [2.75, 3.05) is 19.8 Å². The van der Waals surface area contributed by atoms with E-state index in [2.05, 4.69) is 51.5 Å². The summed E-state index contributed by atoms with van der Waals surface area (Å²) >= 11 is 0. The molecule has 15 nitrogen and oxygen atoms in total. The van der Waals surface area contributed by atoms with Gasteiger partial charge in [-0.05, 0) is 177 Å². The molecule has 0 amide bonds. The summed E-state index contributed by atoms with van der Waals surface area (Å²) in [6.07, 6.45) is 29.7. The van der Waals surface area contributed by atoms with Gasteiger partial charge in [0, 0.05) is 0 Å². The van der Waals surface area contributed by atoms with E-state index in [0.29, 0.717) is 53.9 Å². The van der Waals surface area contributed by atoms with Gasteiger partial charge in [0.2, 0.25) is 5.75 Å². The molecule has 0 spiro atoms. The maximum Gasteiger partial charge on any atom is 0.343 e. The Morgan fingerprint density at radius 2 is 0.489 bits per heavy atom. The molecular formula is C75H90N6O9. The van der Waals surface area contributed by atoms with Crippen LogP contribution in [0.3, 0.4) is 0 Å². The van der Waals surface area contributed by atoms with E-state index in [-0.39, 0.29) is 33.9 Å². The number of unbranched alkanes of at least 4 members (excludes halogenated alkanes) is 21. The van der Waals surface area contributed by atoms with Crippen LogP contribution in [0.5, 0.6) is 34.5 Å². The molecule has 0 fully saturated rings. The number of hydrogen-bond donors (Lipinski definition) is 0. The lowest BCUT2D eigenvalue weighted by Crippen LogP contribution is -2.15. The number of ether oxygens (including phenoxy) is 6. The zero-order valence-corrected chi connectivity index (χ0v) is 53.0. The molecule has 474 valence electrons. The van der Waals surface area contributed by atoms with Gasteiger partial charge in [-0.3, -0.25) is 0 Å². The van der Waals surface area contributed by atoms with Crippen LogP contribution in [0.15, 0.2) is 194 Å². The van der Waals surface area contributed by atoms with E-state index in [1.54, 1.807) is 60.7 Å². The Labute approximate surface area is 532 Å². The van der Waals surface area contributed by atoms with Crippen LogP contribution < -0.4 is 28.4 Å². The van der Waals surface area contributed by atoms with Crippen molar-refractivity contribution in [2.45, 2.75) is 175 Å². The van der Waals surface area contributed by atoms with Crippen LogP contribution in [0.1, 0.15) is 206 Å². The fourth-order valence-electron chi connectivity index (χ4n) is 9.67. The molecule has 90 heavy (non-hydrogen) atoms. The van der Waals surface area contributed by atoms with E-state index < -0.39 is 17.9 Å². The van der Waals surface area contributed by atoms with Gasteiger partial charge < -0.3 is 28.4 Å². The van der Waals surface area contributed by atoms with E-state index in [4.69, 9.17) is 28.4 Å². The Kier molecular flexibility index (Phi) is 31.0. The van der Waals surface area contributed by atoms with Gasteiger partial charge in [-0.1, -0.05) is 162 Å². The number of para-hydroxylation sites is 1. The number of hydrogen-bond acceptors (Lipinski definition) is 15. The van der Waals surface area contributed by atoms with Crippen molar-refractivity contribution in [3.8, 4) is 34.5 Å². The van der Waals surface area contributed by atoms with Crippen molar-refractivity contribution >= 4 is 52.0 Å². The fourth-order valence-corrected chi connectivity index (χ4v) is 9.67. The molecule has 0 saturated carbocycles. The zero-order chi connectivity index (χ0) is 63.1. The molecule has 0 N–H and O–H groups in total. The monoisotopic (exact) mass is 1220 g/mol. The maximum atomic E-state index is 14.0. The molecule has 0 aliphatic rings. The summed E-state index contributed by atoms with van der Waals surface area (Å²) in [6, 6.07) is 45.7. The van der Waals surface area contributed by atoms with Gasteiger partial charge in [0.25, 0.3) is 0 Å². The summed E-state index contributed by atoms with van der Waals surface area (Å²) in [4.78, 5) is 41.6. The molecule has 7 aromatic rings. The lowest BCUT2D eigenvalue weighted by molar-refractivity contribution is 0.0657. The van der Waals surface area contributed by atoms with Crippen LogP contribution in [0.25, 0.3) is 0 Å². The van der Waals surface area contributed by atoms with Gasteiger partial charge >= 0.3 is 17.9 Å². The summed E-state index contributed by atoms with van der Waals surface area (Å²) in [7, 11) is 0. The molecule has 0 heterocycles. The molecule has 0 aromatic heterocycles. The van der Waals surface area contributed by atoms with Crippen LogP contribution in [-0.2, 0) is 0 Å². The Balaban J connectivity index is 0.963. The minimum Gasteiger partial charge on any atom is -0.494 e. The quantitative estimate of drug-likeness (QED) is 0.0156. The first-order valence-electron chi connectivity index (χ1n) is 32.8. The van der Waals surface area contributed by atoms with Crippen LogP contribution in [-0.4, -0.2) is 37.7 Å². The highest BCUT2D eigenvalue weighted by Crippen LogP contribution is 2.39. The molecule has 15 heteroatoms. The number of carbonyl (C=O) groups excluding carboxylic acids is 3. The van der Waals surface area contributed by atoms with E-state index >= 15 is 0 Å². The average molecular weight is 1220 g/mol.